The number of fused-ring (bicyclic) bond motifs is 1. The Labute approximate surface area is 92.2 Å². The lowest BCUT2D eigenvalue weighted by Gasteiger charge is -1.97. The first-order valence-corrected chi connectivity index (χ1v) is 4.98. The van der Waals surface area contributed by atoms with Gasteiger partial charge in [0.05, 0.1) is 0 Å². The normalized spacial score (nSPS) is 10.6. The summed E-state index contributed by atoms with van der Waals surface area (Å²) in [6.07, 6.45) is 2.54. The lowest BCUT2D eigenvalue weighted by molar-refractivity contribution is 0.629. The van der Waals surface area contributed by atoms with Crippen LogP contribution in [0.1, 0.15) is 5.56 Å². The molecule has 2 aromatic rings. The third-order valence-corrected chi connectivity index (χ3v) is 2.40. The fourth-order valence-electron chi connectivity index (χ4n) is 1.66. The zero-order valence-corrected chi connectivity index (χ0v) is 8.70. The van der Waals surface area contributed by atoms with Crippen LogP contribution in [-0.2, 0) is 6.42 Å². The number of guanidine groups is 1. The maximum absolute atomic E-state index is 13.1. The highest BCUT2D eigenvalue weighted by Crippen LogP contribution is 2.19. The van der Waals surface area contributed by atoms with Crippen molar-refractivity contribution in [1.29, 1.82) is 0 Å². The number of nitrogens with two attached hydrogens (primary N) is 2. The van der Waals surface area contributed by atoms with Gasteiger partial charge >= 0.3 is 0 Å². The standard InChI is InChI=1S/C11H13FN4/c12-8-1-2-10-9(5-8)7(6-16-10)3-4-15-11(13)14/h1-2,5-6,16H,3-4H2,(H4,13,14,15). The van der Waals surface area contributed by atoms with E-state index in [1.54, 1.807) is 6.07 Å². The molecule has 0 atom stereocenters. The highest BCUT2D eigenvalue weighted by molar-refractivity contribution is 5.83. The lowest BCUT2D eigenvalue weighted by Crippen LogP contribution is -2.23. The van der Waals surface area contributed by atoms with Crippen molar-refractivity contribution in [3.05, 3.63) is 35.8 Å². The van der Waals surface area contributed by atoms with Gasteiger partial charge in [0.1, 0.15) is 5.82 Å². The summed E-state index contributed by atoms with van der Waals surface area (Å²) in [7, 11) is 0. The van der Waals surface area contributed by atoms with Crippen molar-refractivity contribution in [1.82, 2.24) is 4.98 Å². The number of aromatic amines is 1. The van der Waals surface area contributed by atoms with Crippen molar-refractivity contribution in [3.8, 4) is 0 Å². The van der Waals surface area contributed by atoms with E-state index in [0.717, 1.165) is 16.5 Å². The smallest absolute Gasteiger partial charge is 0.185 e. The molecule has 0 saturated carbocycles. The number of halogens is 1. The fraction of sp³-hybridized carbons (Fsp3) is 0.182. The van der Waals surface area contributed by atoms with Gasteiger partial charge in [-0.15, -0.1) is 0 Å². The average Bonchev–Trinajstić information content (AvgIpc) is 2.60. The van der Waals surface area contributed by atoms with Gasteiger partial charge in [0.25, 0.3) is 0 Å². The van der Waals surface area contributed by atoms with E-state index in [1.807, 2.05) is 6.20 Å². The van der Waals surface area contributed by atoms with Crippen LogP contribution in [0.15, 0.2) is 29.4 Å². The molecule has 1 heterocycles. The molecule has 0 saturated heterocycles. The molecule has 5 heteroatoms. The number of rotatable bonds is 3. The highest BCUT2D eigenvalue weighted by atomic mass is 19.1. The van der Waals surface area contributed by atoms with Crippen molar-refractivity contribution in [2.45, 2.75) is 6.42 Å². The highest BCUT2D eigenvalue weighted by Gasteiger charge is 2.04. The fourth-order valence-corrected chi connectivity index (χ4v) is 1.66. The van der Waals surface area contributed by atoms with E-state index in [2.05, 4.69) is 9.98 Å². The van der Waals surface area contributed by atoms with E-state index in [4.69, 9.17) is 11.5 Å². The minimum Gasteiger partial charge on any atom is -0.370 e. The predicted molar refractivity (Wildman–Crippen MR) is 62.6 cm³/mol. The number of benzene rings is 1. The van der Waals surface area contributed by atoms with Crippen LogP contribution in [0.25, 0.3) is 10.9 Å². The largest absolute Gasteiger partial charge is 0.370 e. The number of aromatic nitrogens is 1. The van der Waals surface area contributed by atoms with E-state index < -0.39 is 0 Å². The number of H-pyrrole nitrogens is 1. The van der Waals surface area contributed by atoms with Crippen LogP contribution in [0, 0.1) is 5.82 Å². The van der Waals surface area contributed by atoms with E-state index >= 15 is 0 Å². The SMILES string of the molecule is NC(N)=NCCc1c[nH]c2ccc(F)cc12. The number of nitrogens with zero attached hydrogens (tertiary/aromatic N) is 1. The Bertz CT molecular complexity index is 526. The van der Waals surface area contributed by atoms with Crippen LogP contribution in [0.5, 0.6) is 0 Å². The third-order valence-electron chi connectivity index (χ3n) is 2.40. The van der Waals surface area contributed by atoms with Gasteiger partial charge in [-0.05, 0) is 30.2 Å². The molecule has 4 nitrogen and oxygen atoms in total. The molecule has 0 radical (unpaired) electrons. The van der Waals surface area contributed by atoms with E-state index in [-0.39, 0.29) is 11.8 Å². The van der Waals surface area contributed by atoms with Crippen LogP contribution < -0.4 is 11.5 Å². The Morgan fingerprint density at radius 1 is 1.38 bits per heavy atom. The predicted octanol–water partition coefficient (Wildman–Crippen LogP) is 1.12. The second-order valence-electron chi connectivity index (χ2n) is 3.56. The topological polar surface area (TPSA) is 80.2 Å². The molecule has 5 N–H and O–H groups in total. The minimum absolute atomic E-state index is 0.0750. The van der Waals surface area contributed by atoms with Crippen molar-refractivity contribution in [2.75, 3.05) is 6.54 Å². The van der Waals surface area contributed by atoms with Crippen molar-refractivity contribution >= 4 is 16.9 Å². The summed E-state index contributed by atoms with van der Waals surface area (Å²) in [4.78, 5) is 6.97. The van der Waals surface area contributed by atoms with Crippen LogP contribution >= 0.6 is 0 Å². The van der Waals surface area contributed by atoms with Crippen LogP contribution in [0.3, 0.4) is 0 Å². The quantitative estimate of drug-likeness (QED) is 0.535. The van der Waals surface area contributed by atoms with Crippen molar-refractivity contribution < 1.29 is 4.39 Å². The molecule has 0 fully saturated rings. The molecule has 0 aliphatic carbocycles. The van der Waals surface area contributed by atoms with Gasteiger partial charge in [-0.1, -0.05) is 0 Å². The molecule has 0 spiro atoms. The van der Waals surface area contributed by atoms with Gasteiger partial charge in [0.2, 0.25) is 0 Å². The van der Waals surface area contributed by atoms with Gasteiger partial charge < -0.3 is 16.5 Å². The Kier molecular flexibility index (Phi) is 2.76. The zero-order chi connectivity index (χ0) is 11.5. The van der Waals surface area contributed by atoms with Gasteiger partial charge in [-0.2, -0.15) is 0 Å². The van der Waals surface area contributed by atoms with Gasteiger partial charge in [-0.3, -0.25) is 4.99 Å². The van der Waals surface area contributed by atoms with Crippen LogP contribution in [-0.4, -0.2) is 17.5 Å². The Morgan fingerprint density at radius 3 is 2.94 bits per heavy atom. The summed E-state index contributed by atoms with van der Waals surface area (Å²) in [6.45, 7) is 0.506. The number of aliphatic imine (C=N–C) groups is 1. The summed E-state index contributed by atoms with van der Waals surface area (Å²) < 4.78 is 13.1. The maximum atomic E-state index is 13.1. The third kappa shape index (κ3) is 2.13. The monoisotopic (exact) mass is 220 g/mol. The Balaban J connectivity index is 2.24. The maximum Gasteiger partial charge on any atom is 0.185 e. The van der Waals surface area contributed by atoms with Gasteiger partial charge in [-0.25, -0.2) is 4.39 Å². The van der Waals surface area contributed by atoms with E-state index in [9.17, 15) is 4.39 Å². The van der Waals surface area contributed by atoms with Gasteiger partial charge in [0.15, 0.2) is 5.96 Å². The zero-order valence-electron chi connectivity index (χ0n) is 8.70. The molecule has 0 bridgehead atoms. The molecule has 1 aromatic heterocycles. The van der Waals surface area contributed by atoms with Crippen molar-refractivity contribution in [3.63, 3.8) is 0 Å². The molecule has 0 unspecified atom stereocenters. The molecule has 2 rings (SSSR count). The Hall–Kier alpha value is -2.04. The molecule has 16 heavy (non-hydrogen) atoms. The first-order valence-electron chi connectivity index (χ1n) is 4.98. The second-order valence-corrected chi connectivity index (χ2v) is 3.56. The molecule has 0 aliphatic heterocycles. The number of nitrogens with one attached hydrogen (secondary N) is 1. The first-order chi connectivity index (χ1) is 7.66. The second kappa shape index (κ2) is 4.22. The molecule has 0 aliphatic rings. The van der Waals surface area contributed by atoms with Crippen LogP contribution in [0.4, 0.5) is 4.39 Å². The minimum atomic E-state index is -0.241. The molecule has 0 amide bonds. The number of hydrogen-bond donors (Lipinski definition) is 3. The van der Waals surface area contributed by atoms with Gasteiger partial charge in [0, 0.05) is 23.6 Å². The van der Waals surface area contributed by atoms with Crippen molar-refractivity contribution in [2.24, 2.45) is 16.5 Å². The molecular formula is C11H13FN4. The molecule has 1 aromatic carbocycles. The lowest BCUT2D eigenvalue weighted by atomic mass is 10.1. The number of hydrogen-bond acceptors (Lipinski definition) is 1. The summed E-state index contributed by atoms with van der Waals surface area (Å²) in [5.41, 5.74) is 12.4. The van der Waals surface area contributed by atoms with E-state index in [0.29, 0.717) is 13.0 Å². The molecular weight excluding hydrogens is 207 g/mol. The first kappa shape index (κ1) is 10.5. The summed E-state index contributed by atoms with van der Waals surface area (Å²) in [6, 6.07) is 4.66. The summed E-state index contributed by atoms with van der Waals surface area (Å²) >= 11 is 0. The molecule has 84 valence electrons. The summed E-state index contributed by atoms with van der Waals surface area (Å²) in [5, 5.41) is 0.880. The van der Waals surface area contributed by atoms with E-state index in [1.165, 1.54) is 12.1 Å². The van der Waals surface area contributed by atoms with Crippen LogP contribution in [0.2, 0.25) is 0 Å². The summed E-state index contributed by atoms with van der Waals surface area (Å²) in [5.74, 6) is -0.166. The average molecular weight is 220 g/mol. The Morgan fingerprint density at radius 2 is 2.19 bits per heavy atom.